The van der Waals surface area contributed by atoms with Gasteiger partial charge in [0.25, 0.3) is 0 Å². The van der Waals surface area contributed by atoms with E-state index in [2.05, 4.69) is 22.6 Å². The molecule has 2 heterocycles. The predicted molar refractivity (Wildman–Crippen MR) is 99.8 cm³/mol. The van der Waals surface area contributed by atoms with E-state index in [4.69, 9.17) is 0 Å². The number of allylic oxidation sites excluding steroid dienone is 1. The van der Waals surface area contributed by atoms with E-state index in [1.807, 2.05) is 42.5 Å². The van der Waals surface area contributed by atoms with Crippen molar-refractivity contribution in [1.29, 1.82) is 0 Å². The maximum atomic E-state index is 10.3. The van der Waals surface area contributed by atoms with Gasteiger partial charge in [-0.15, -0.1) is 17.9 Å². The summed E-state index contributed by atoms with van der Waals surface area (Å²) in [7, 11) is 0. The normalized spacial score (nSPS) is 10.3. The van der Waals surface area contributed by atoms with Crippen LogP contribution in [-0.4, -0.2) is 14.9 Å². The molecule has 0 bridgehead atoms. The molecule has 0 radical (unpaired) electrons. The highest BCUT2D eigenvalue weighted by Crippen LogP contribution is 2.26. The lowest BCUT2D eigenvalue weighted by Crippen LogP contribution is -1.84. The van der Waals surface area contributed by atoms with Crippen LogP contribution in [-0.2, 0) is 6.42 Å². The fourth-order valence-corrected chi connectivity index (χ4v) is 3.81. The number of thiazole rings is 2. The van der Waals surface area contributed by atoms with Gasteiger partial charge in [0.2, 0.25) is 0 Å². The molecule has 5 nitrogen and oxygen atoms in total. The number of rotatable bonds is 3. The van der Waals surface area contributed by atoms with Gasteiger partial charge in [-0.2, -0.15) is 0 Å². The van der Waals surface area contributed by atoms with Crippen molar-refractivity contribution in [2.24, 2.45) is 0 Å². The van der Waals surface area contributed by atoms with Crippen molar-refractivity contribution < 1.29 is 4.92 Å². The zero-order chi connectivity index (χ0) is 16.9. The second-order valence-electron chi connectivity index (χ2n) is 4.79. The van der Waals surface area contributed by atoms with E-state index >= 15 is 0 Å². The monoisotopic (exact) mass is 355 g/mol. The summed E-state index contributed by atoms with van der Waals surface area (Å²) in [6.45, 7) is 3.69. The Morgan fingerprint density at radius 2 is 1.58 bits per heavy atom. The van der Waals surface area contributed by atoms with Gasteiger partial charge in [-0.3, -0.25) is 0 Å². The molecular weight excluding hydrogens is 342 g/mol. The Morgan fingerprint density at radius 3 is 2.12 bits per heavy atom. The first kappa shape index (κ1) is 16.2. The van der Waals surface area contributed by atoms with Gasteiger partial charge in [0.05, 0.1) is 19.9 Å². The first-order chi connectivity index (χ1) is 11.7. The largest absolute Gasteiger partial charge is 0.424 e. The second kappa shape index (κ2) is 7.29. The third kappa shape index (κ3) is 3.64. The summed E-state index contributed by atoms with van der Waals surface area (Å²) in [6, 6.07) is 15.4. The lowest BCUT2D eigenvalue weighted by molar-refractivity contribution is -0.384. The third-order valence-electron chi connectivity index (χ3n) is 3.10. The summed E-state index contributed by atoms with van der Waals surface area (Å²) in [6.07, 6.45) is 2.76. The van der Waals surface area contributed by atoms with Crippen LogP contribution in [0.2, 0.25) is 0 Å². The van der Waals surface area contributed by atoms with Gasteiger partial charge in [0.15, 0.2) is 5.52 Å². The first-order valence-corrected chi connectivity index (χ1v) is 8.76. The number of nitrogens with zero attached hydrogens (tertiary/aromatic N) is 3. The molecule has 0 fully saturated rings. The van der Waals surface area contributed by atoms with Gasteiger partial charge in [0.1, 0.15) is 0 Å². The predicted octanol–water partition coefficient (Wildman–Crippen LogP) is 5.23. The van der Waals surface area contributed by atoms with Crippen molar-refractivity contribution >= 4 is 48.2 Å². The summed E-state index contributed by atoms with van der Waals surface area (Å²) in [5.41, 5.74) is 1.79. The Kier molecular flexibility index (Phi) is 4.93. The molecule has 0 unspecified atom stereocenters. The Morgan fingerprint density at radius 1 is 1.00 bits per heavy atom. The zero-order valence-corrected chi connectivity index (χ0v) is 14.2. The summed E-state index contributed by atoms with van der Waals surface area (Å²) in [5, 5.41) is 11.4. The molecule has 2 aromatic heterocycles. The molecule has 0 spiro atoms. The van der Waals surface area contributed by atoms with E-state index in [1.165, 1.54) is 4.70 Å². The van der Waals surface area contributed by atoms with E-state index in [0.29, 0.717) is 5.52 Å². The van der Waals surface area contributed by atoms with Crippen molar-refractivity contribution in [3.63, 3.8) is 0 Å². The number of hydrogen-bond acceptors (Lipinski definition) is 6. The van der Waals surface area contributed by atoms with Crippen LogP contribution >= 0.6 is 22.7 Å². The average molecular weight is 355 g/mol. The van der Waals surface area contributed by atoms with Gasteiger partial charge >= 0.3 is 5.13 Å². The van der Waals surface area contributed by atoms with E-state index in [9.17, 15) is 10.1 Å². The van der Waals surface area contributed by atoms with Gasteiger partial charge in [-0.1, -0.05) is 30.3 Å². The molecule has 0 N–H and O–H groups in total. The Balaban J connectivity index is 0.000000141. The number of benzene rings is 2. The summed E-state index contributed by atoms with van der Waals surface area (Å²) < 4.78 is 2.11. The molecule has 120 valence electrons. The summed E-state index contributed by atoms with van der Waals surface area (Å²) >= 11 is 2.83. The van der Waals surface area contributed by atoms with Crippen LogP contribution in [0.5, 0.6) is 0 Å². The van der Waals surface area contributed by atoms with Crippen LogP contribution in [0.25, 0.3) is 20.4 Å². The lowest BCUT2D eigenvalue weighted by Gasteiger charge is -1.81. The van der Waals surface area contributed by atoms with Gasteiger partial charge in [-0.05, 0) is 45.5 Å². The highest BCUT2D eigenvalue weighted by molar-refractivity contribution is 7.21. The molecule has 0 atom stereocenters. The Labute approximate surface area is 146 Å². The number of para-hydroxylation sites is 2. The second-order valence-corrected chi connectivity index (χ2v) is 6.91. The lowest BCUT2D eigenvalue weighted by atomic mass is 10.3. The van der Waals surface area contributed by atoms with E-state index in [-0.39, 0.29) is 5.13 Å². The molecule has 4 aromatic rings. The number of aromatic nitrogens is 2. The van der Waals surface area contributed by atoms with Crippen molar-refractivity contribution in [2.75, 3.05) is 0 Å². The molecule has 0 amide bonds. The van der Waals surface area contributed by atoms with Crippen LogP contribution in [0, 0.1) is 10.1 Å². The highest BCUT2D eigenvalue weighted by atomic mass is 32.1. The third-order valence-corrected chi connectivity index (χ3v) is 5.14. The zero-order valence-electron chi connectivity index (χ0n) is 12.6. The smallest absolute Gasteiger partial charge is 0.357 e. The SMILES string of the molecule is C=CCc1nc2ccccc2s1.O=[N+]([O-])c1nc2ccccc2s1. The molecule has 24 heavy (non-hydrogen) atoms. The van der Waals surface area contributed by atoms with E-state index in [0.717, 1.165) is 33.0 Å². The van der Waals surface area contributed by atoms with Crippen molar-refractivity contribution in [1.82, 2.24) is 9.97 Å². The molecular formula is C17H13N3O2S2. The van der Waals surface area contributed by atoms with Crippen molar-refractivity contribution in [3.8, 4) is 0 Å². The summed E-state index contributed by atoms with van der Waals surface area (Å²) in [5.74, 6) is 0. The molecule has 0 saturated heterocycles. The van der Waals surface area contributed by atoms with Crippen molar-refractivity contribution in [3.05, 3.63) is 76.3 Å². The number of fused-ring (bicyclic) bond motifs is 2. The van der Waals surface area contributed by atoms with E-state index in [1.54, 1.807) is 17.4 Å². The molecule has 0 aliphatic carbocycles. The quantitative estimate of drug-likeness (QED) is 0.287. The standard InChI is InChI=1S/C10H9NS.C7H4N2O2S/c1-2-5-10-11-8-6-3-4-7-9(8)12-10;10-9(11)7-8-5-3-1-2-4-6(5)12-7/h2-4,6-7H,1,5H2;1-4H. The van der Waals surface area contributed by atoms with Crippen LogP contribution < -0.4 is 0 Å². The molecule has 0 aliphatic rings. The molecule has 0 aliphatic heterocycles. The van der Waals surface area contributed by atoms with Crippen LogP contribution in [0.1, 0.15) is 5.01 Å². The maximum Gasteiger partial charge on any atom is 0.424 e. The summed E-state index contributed by atoms with van der Waals surface area (Å²) in [4.78, 5) is 18.1. The van der Waals surface area contributed by atoms with Crippen molar-refractivity contribution in [2.45, 2.75) is 6.42 Å². The minimum Gasteiger partial charge on any atom is -0.357 e. The Bertz CT molecular complexity index is 941. The minimum absolute atomic E-state index is 0.0452. The van der Waals surface area contributed by atoms with Gasteiger partial charge in [-0.25, -0.2) is 4.98 Å². The van der Waals surface area contributed by atoms with Gasteiger partial charge < -0.3 is 10.1 Å². The van der Waals surface area contributed by atoms with E-state index < -0.39 is 4.92 Å². The molecule has 7 heteroatoms. The number of hydrogen-bond donors (Lipinski definition) is 0. The Hall–Kier alpha value is -2.64. The minimum atomic E-state index is -0.468. The average Bonchev–Trinajstić information content (AvgIpc) is 3.19. The van der Waals surface area contributed by atoms with Crippen LogP contribution in [0.15, 0.2) is 61.2 Å². The molecule has 4 rings (SSSR count). The van der Waals surface area contributed by atoms with Crippen LogP contribution in [0.3, 0.4) is 0 Å². The molecule has 2 aromatic carbocycles. The van der Waals surface area contributed by atoms with Crippen LogP contribution in [0.4, 0.5) is 5.13 Å². The molecule has 0 saturated carbocycles. The number of nitro groups is 1. The van der Waals surface area contributed by atoms with Gasteiger partial charge in [0, 0.05) is 6.42 Å². The fourth-order valence-electron chi connectivity index (χ4n) is 2.07. The first-order valence-electron chi connectivity index (χ1n) is 7.12. The fraction of sp³-hybridized carbons (Fsp3) is 0.0588. The maximum absolute atomic E-state index is 10.3. The topological polar surface area (TPSA) is 68.9 Å². The highest BCUT2D eigenvalue weighted by Gasteiger charge is 2.13.